The van der Waals surface area contributed by atoms with Crippen LogP contribution in [0.25, 0.3) is 22.3 Å². The summed E-state index contributed by atoms with van der Waals surface area (Å²) in [5.41, 5.74) is 10.7. The molecule has 4 aromatic rings. The van der Waals surface area contributed by atoms with Gasteiger partial charge < -0.3 is 31.1 Å². The molecule has 1 aliphatic carbocycles. The molecular formula is C23H22N6O5. The maximum atomic E-state index is 12.5. The molecule has 4 atom stereocenters. The summed E-state index contributed by atoms with van der Waals surface area (Å²) in [5, 5.41) is 33.6. The predicted molar refractivity (Wildman–Crippen MR) is 124 cm³/mol. The number of ether oxygens (including phenoxy) is 1. The molecule has 174 valence electrons. The van der Waals surface area contributed by atoms with Crippen LogP contribution in [0.1, 0.15) is 17.4 Å². The van der Waals surface area contributed by atoms with Crippen molar-refractivity contribution < 1.29 is 20.1 Å². The standard InChI is InChI=1S/C23H22N6O5/c24-22-27-19-16(20(33)28-22)26-23(29(19)21-18(32)17(31)15(9-30)34-21)25-12-5-6-14-11(8-12)7-10-3-1-2-4-13(10)14/h1-6,8,15,17-18,21,30-32H,7,9H2,(H,25,26)(H3,24,27,28,33)/t15-,17-,18-,21-/m1/s1. The number of hydrogen-bond donors (Lipinski definition) is 6. The van der Waals surface area contributed by atoms with Crippen LogP contribution in [0.3, 0.4) is 0 Å². The molecule has 0 amide bonds. The van der Waals surface area contributed by atoms with Gasteiger partial charge in [0.15, 0.2) is 17.4 Å². The van der Waals surface area contributed by atoms with Gasteiger partial charge in [-0.15, -0.1) is 0 Å². The van der Waals surface area contributed by atoms with Gasteiger partial charge in [0.1, 0.15) is 18.3 Å². The van der Waals surface area contributed by atoms with E-state index < -0.39 is 36.7 Å². The number of imidazole rings is 1. The summed E-state index contributed by atoms with van der Waals surface area (Å²) in [5.74, 6) is 0.0381. The molecule has 0 radical (unpaired) electrons. The minimum absolute atomic E-state index is 0.0111. The molecule has 2 aromatic carbocycles. The van der Waals surface area contributed by atoms with E-state index in [4.69, 9.17) is 10.5 Å². The van der Waals surface area contributed by atoms with Gasteiger partial charge in [0.25, 0.3) is 5.56 Å². The smallest absolute Gasteiger partial charge is 0.280 e. The maximum absolute atomic E-state index is 12.5. The Balaban J connectivity index is 1.44. The predicted octanol–water partition coefficient (Wildman–Crippen LogP) is 0.628. The molecule has 0 unspecified atom stereocenters. The number of hydrogen-bond acceptors (Lipinski definition) is 9. The highest BCUT2D eigenvalue weighted by Gasteiger charge is 2.45. The zero-order valence-electron chi connectivity index (χ0n) is 17.8. The van der Waals surface area contributed by atoms with E-state index in [1.54, 1.807) is 0 Å². The molecule has 2 aliphatic rings. The first-order valence-electron chi connectivity index (χ1n) is 10.8. The van der Waals surface area contributed by atoms with Crippen molar-refractivity contribution in [1.82, 2.24) is 19.5 Å². The lowest BCUT2D eigenvalue weighted by Gasteiger charge is -2.20. The summed E-state index contributed by atoms with van der Waals surface area (Å²) in [6.07, 6.45) is -4.11. The molecule has 0 saturated carbocycles. The first-order valence-corrected chi connectivity index (χ1v) is 10.8. The number of nitrogens with one attached hydrogen (secondary N) is 2. The fourth-order valence-electron chi connectivity index (χ4n) is 4.78. The summed E-state index contributed by atoms with van der Waals surface area (Å²) >= 11 is 0. The zero-order valence-corrected chi connectivity index (χ0v) is 17.8. The van der Waals surface area contributed by atoms with Crippen molar-refractivity contribution >= 4 is 28.7 Å². The number of anilines is 3. The van der Waals surface area contributed by atoms with Gasteiger partial charge in [-0.1, -0.05) is 30.3 Å². The van der Waals surface area contributed by atoms with Crippen molar-refractivity contribution in [2.24, 2.45) is 0 Å². The van der Waals surface area contributed by atoms with Crippen LogP contribution < -0.4 is 16.6 Å². The maximum Gasteiger partial charge on any atom is 0.280 e. The number of aromatic nitrogens is 4. The average Bonchev–Trinajstić information content (AvgIpc) is 3.45. The second kappa shape index (κ2) is 7.64. The molecule has 11 heteroatoms. The van der Waals surface area contributed by atoms with Crippen molar-refractivity contribution in [3.63, 3.8) is 0 Å². The lowest BCUT2D eigenvalue weighted by molar-refractivity contribution is -0.0501. The van der Waals surface area contributed by atoms with Crippen LogP contribution in [-0.4, -0.2) is 59.8 Å². The van der Waals surface area contributed by atoms with E-state index in [1.807, 2.05) is 30.3 Å². The molecule has 1 saturated heterocycles. The number of benzene rings is 2. The van der Waals surface area contributed by atoms with Crippen molar-refractivity contribution in [3.8, 4) is 11.1 Å². The number of nitrogens with two attached hydrogens (primary N) is 1. The number of rotatable bonds is 4. The largest absolute Gasteiger partial charge is 0.394 e. The van der Waals surface area contributed by atoms with Crippen LogP contribution in [0.5, 0.6) is 0 Å². The third-order valence-electron chi connectivity index (χ3n) is 6.39. The molecule has 7 N–H and O–H groups in total. The number of aromatic amines is 1. The molecule has 1 fully saturated rings. The van der Waals surface area contributed by atoms with Gasteiger partial charge in [-0.3, -0.25) is 14.3 Å². The topological polar surface area (TPSA) is 172 Å². The van der Waals surface area contributed by atoms with E-state index in [-0.39, 0.29) is 23.1 Å². The number of nitrogens with zero attached hydrogens (tertiary/aromatic N) is 3. The van der Waals surface area contributed by atoms with E-state index in [2.05, 4.69) is 32.4 Å². The van der Waals surface area contributed by atoms with Crippen LogP contribution in [-0.2, 0) is 11.2 Å². The number of aliphatic hydroxyl groups is 3. The van der Waals surface area contributed by atoms with Crippen molar-refractivity contribution in [1.29, 1.82) is 0 Å². The van der Waals surface area contributed by atoms with E-state index in [1.165, 1.54) is 15.7 Å². The van der Waals surface area contributed by atoms with Crippen LogP contribution >= 0.6 is 0 Å². The van der Waals surface area contributed by atoms with Gasteiger partial charge in [0.2, 0.25) is 11.9 Å². The Morgan fingerprint density at radius 1 is 1.12 bits per heavy atom. The third-order valence-corrected chi connectivity index (χ3v) is 6.39. The summed E-state index contributed by atoms with van der Waals surface area (Å²) in [7, 11) is 0. The minimum Gasteiger partial charge on any atom is -0.394 e. The first-order chi connectivity index (χ1) is 16.4. The molecule has 3 heterocycles. The highest BCUT2D eigenvalue weighted by molar-refractivity contribution is 5.80. The van der Waals surface area contributed by atoms with Gasteiger partial charge in [-0.2, -0.15) is 4.98 Å². The SMILES string of the molecule is Nc1nc2c(nc(Nc3ccc4c(c3)Cc3ccccc3-4)n2[C@@H]2O[C@H](CO)[C@@H](O)[C@H]2O)c(=O)[nH]1. The number of H-pyrrole nitrogens is 1. The lowest BCUT2D eigenvalue weighted by atomic mass is 10.1. The Hall–Kier alpha value is -3.77. The second-order valence-corrected chi connectivity index (χ2v) is 8.49. The molecule has 0 bridgehead atoms. The fraction of sp³-hybridized carbons (Fsp3) is 0.261. The van der Waals surface area contributed by atoms with Crippen LogP contribution in [0.15, 0.2) is 47.3 Å². The first kappa shape index (κ1) is 20.8. The zero-order chi connectivity index (χ0) is 23.6. The molecule has 6 rings (SSSR count). The Morgan fingerprint density at radius 3 is 2.71 bits per heavy atom. The summed E-state index contributed by atoms with van der Waals surface area (Å²) in [6, 6.07) is 14.1. The number of fused-ring (bicyclic) bond motifs is 4. The van der Waals surface area contributed by atoms with Gasteiger partial charge in [-0.05, 0) is 40.8 Å². The van der Waals surface area contributed by atoms with Gasteiger partial charge in [0.05, 0.1) is 6.61 Å². The van der Waals surface area contributed by atoms with E-state index >= 15 is 0 Å². The second-order valence-electron chi connectivity index (χ2n) is 8.49. The molecule has 2 aromatic heterocycles. The highest BCUT2D eigenvalue weighted by Crippen LogP contribution is 2.39. The fourth-order valence-corrected chi connectivity index (χ4v) is 4.78. The van der Waals surface area contributed by atoms with Crippen LogP contribution in [0.2, 0.25) is 0 Å². The van der Waals surface area contributed by atoms with E-state index in [9.17, 15) is 20.1 Å². The van der Waals surface area contributed by atoms with Crippen molar-refractivity contribution in [2.45, 2.75) is 31.0 Å². The Morgan fingerprint density at radius 2 is 1.91 bits per heavy atom. The number of aliphatic hydroxyl groups excluding tert-OH is 3. The van der Waals surface area contributed by atoms with Crippen LogP contribution in [0.4, 0.5) is 17.6 Å². The minimum atomic E-state index is -1.40. The normalized spacial score (nSPS) is 23.3. The quantitative estimate of drug-likeness (QED) is 0.224. The molecule has 11 nitrogen and oxygen atoms in total. The van der Waals surface area contributed by atoms with Crippen LogP contribution in [0, 0.1) is 0 Å². The van der Waals surface area contributed by atoms with Gasteiger partial charge >= 0.3 is 0 Å². The Kier molecular flexibility index (Phi) is 4.67. The Labute approximate surface area is 192 Å². The lowest BCUT2D eigenvalue weighted by Crippen LogP contribution is -2.33. The molecule has 1 aliphatic heterocycles. The molecule has 34 heavy (non-hydrogen) atoms. The van der Waals surface area contributed by atoms with E-state index in [0.29, 0.717) is 5.69 Å². The summed E-state index contributed by atoms with van der Waals surface area (Å²) in [4.78, 5) is 23.5. The van der Waals surface area contributed by atoms with Crippen molar-refractivity contribution in [2.75, 3.05) is 17.7 Å². The number of nitrogen functional groups attached to an aromatic ring is 1. The average molecular weight is 462 g/mol. The van der Waals surface area contributed by atoms with Gasteiger partial charge in [0, 0.05) is 5.69 Å². The summed E-state index contributed by atoms with van der Waals surface area (Å²) < 4.78 is 7.08. The summed E-state index contributed by atoms with van der Waals surface area (Å²) in [6.45, 7) is -0.494. The third kappa shape index (κ3) is 3.10. The monoisotopic (exact) mass is 462 g/mol. The van der Waals surface area contributed by atoms with E-state index in [0.717, 1.165) is 17.5 Å². The van der Waals surface area contributed by atoms with Crippen molar-refractivity contribution in [3.05, 3.63) is 63.9 Å². The van der Waals surface area contributed by atoms with Gasteiger partial charge in [-0.25, -0.2) is 4.98 Å². The Bertz CT molecular complexity index is 1480. The molecular weight excluding hydrogens is 440 g/mol. The highest BCUT2D eigenvalue weighted by atomic mass is 16.6. The molecule has 0 spiro atoms.